The molecule has 2 aromatic carbocycles. The maximum Gasteiger partial charge on any atom is 0.242 e. The lowest BCUT2D eigenvalue weighted by atomic mass is 10.1. The number of carbonyl (C=O) groups is 2. The summed E-state index contributed by atoms with van der Waals surface area (Å²) in [6.07, 6.45) is 0. The van der Waals surface area contributed by atoms with Gasteiger partial charge in [-0.3, -0.25) is 9.59 Å². The zero-order valence-electron chi connectivity index (χ0n) is 15.9. The van der Waals surface area contributed by atoms with Crippen LogP contribution in [0.25, 0.3) is 0 Å². The number of halogens is 1. The molecular weight excluding hydrogens is 380 g/mol. The SMILES string of the molecule is CNC(=O)C(C)N(Cc1cccc(C)c1)C(=O)CSCc1ccccc1Cl. The Morgan fingerprint density at radius 2 is 1.93 bits per heavy atom. The predicted octanol–water partition coefficient (Wildman–Crippen LogP) is 4.04. The van der Waals surface area contributed by atoms with Gasteiger partial charge in [0.25, 0.3) is 0 Å². The van der Waals surface area contributed by atoms with Gasteiger partial charge in [-0.05, 0) is 31.0 Å². The van der Waals surface area contributed by atoms with Crippen LogP contribution in [0.1, 0.15) is 23.6 Å². The summed E-state index contributed by atoms with van der Waals surface area (Å²) in [6.45, 7) is 4.17. The molecule has 2 amide bonds. The van der Waals surface area contributed by atoms with Crippen molar-refractivity contribution in [3.63, 3.8) is 0 Å². The zero-order chi connectivity index (χ0) is 19.8. The molecule has 0 aliphatic heterocycles. The number of amides is 2. The normalized spacial score (nSPS) is 11.7. The minimum Gasteiger partial charge on any atom is -0.357 e. The van der Waals surface area contributed by atoms with Crippen molar-refractivity contribution in [2.24, 2.45) is 0 Å². The maximum absolute atomic E-state index is 12.9. The Bertz CT molecular complexity index is 797. The van der Waals surface area contributed by atoms with Crippen molar-refractivity contribution in [1.82, 2.24) is 10.2 Å². The molecule has 1 atom stereocenters. The first-order chi connectivity index (χ1) is 12.9. The molecule has 0 aromatic heterocycles. The van der Waals surface area contributed by atoms with Crippen LogP contribution in [0, 0.1) is 6.92 Å². The van der Waals surface area contributed by atoms with Gasteiger partial charge in [0.15, 0.2) is 0 Å². The van der Waals surface area contributed by atoms with Crippen LogP contribution in [0.2, 0.25) is 5.02 Å². The summed E-state index contributed by atoms with van der Waals surface area (Å²) >= 11 is 7.67. The minimum atomic E-state index is -0.538. The number of hydrogen-bond donors (Lipinski definition) is 1. The van der Waals surface area contributed by atoms with Crippen LogP contribution >= 0.6 is 23.4 Å². The first-order valence-electron chi connectivity index (χ1n) is 8.80. The quantitative estimate of drug-likeness (QED) is 0.722. The van der Waals surface area contributed by atoms with Crippen LogP contribution in [0.4, 0.5) is 0 Å². The predicted molar refractivity (Wildman–Crippen MR) is 113 cm³/mol. The van der Waals surface area contributed by atoms with E-state index >= 15 is 0 Å². The number of benzene rings is 2. The molecule has 27 heavy (non-hydrogen) atoms. The highest BCUT2D eigenvalue weighted by Gasteiger charge is 2.25. The first kappa shape index (κ1) is 21.3. The Labute approximate surface area is 170 Å². The Morgan fingerprint density at radius 1 is 1.19 bits per heavy atom. The lowest BCUT2D eigenvalue weighted by molar-refractivity contribution is -0.138. The Hall–Kier alpha value is -1.98. The van der Waals surface area contributed by atoms with Crippen molar-refractivity contribution in [2.45, 2.75) is 32.2 Å². The monoisotopic (exact) mass is 404 g/mol. The molecule has 4 nitrogen and oxygen atoms in total. The van der Waals surface area contributed by atoms with E-state index in [0.717, 1.165) is 16.7 Å². The molecule has 0 radical (unpaired) electrons. The molecule has 1 unspecified atom stereocenters. The van der Waals surface area contributed by atoms with Crippen LogP contribution in [0.3, 0.4) is 0 Å². The summed E-state index contributed by atoms with van der Waals surface area (Å²) in [6, 6.07) is 15.1. The van der Waals surface area contributed by atoms with E-state index in [4.69, 9.17) is 11.6 Å². The van der Waals surface area contributed by atoms with Crippen LogP contribution in [-0.2, 0) is 21.9 Å². The van der Waals surface area contributed by atoms with Gasteiger partial charge in [0.2, 0.25) is 11.8 Å². The second-order valence-electron chi connectivity index (χ2n) is 6.39. The molecule has 0 heterocycles. The number of rotatable bonds is 8. The third kappa shape index (κ3) is 6.29. The Morgan fingerprint density at radius 3 is 2.59 bits per heavy atom. The summed E-state index contributed by atoms with van der Waals surface area (Å²) in [5.74, 6) is 0.702. The topological polar surface area (TPSA) is 49.4 Å². The molecule has 0 fully saturated rings. The van der Waals surface area contributed by atoms with E-state index in [9.17, 15) is 9.59 Å². The molecular formula is C21H25ClN2O2S. The van der Waals surface area contributed by atoms with Crippen LogP contribution in [0.5, 0.6) is 0 Å². The third-order valence-electron chi connectivity index (χ3n) is 4.29. The van der Waals surface area contributed by atoms with Gasteiger partial charge in [0.1, 0.15) is 6.04 Å². The van der Waals surface area contributed by atoms with Gasteiger partial charge >= 0.3 is 0 Å². The van der Waals surface area contributed by atoms with Crippen molar-refractivity contribution < 1.29 is 9.59 Å². The largest absolute Gasteiger partial charge is 0.357 e. The molecule has 0 saturated heterocycles. The van der Waals surface area contributed by atoms with E-state index in [0.29, 0.717) is 23.1 Å². The van der Waals surface area contributed by atoms with E-state index in [2.05, 4.69) is 5.32 Å². The second kappa shape index (κ2) is 10.4. The Kier molecular flexibility index (Phi) is 8.20. The highest BCUT2D eigenvalue weighted by molar-refractivity contribution is 7.99. The van der Waals surface area contributed by atoms with Crippen molar-refractivity contribution >= 4 is 35.2 Å². The fourth-order valence-electron chi connectivity index (χ4n) is 2.75. The number of carbonyl (C=O) groups excluding carboxylic acids is 2. The fourth-order valence-corrected chi connectivity index (χ4v) is 3.94. The fraction of sp³-hybridized carbons (Fsp3) is 0.333. The van der Waals surface area contributed by atoms with E-state index in [-0.39, 0.29) is 11.8 Å². The number of thioether (sulfide) groups is 1. The van der Waals surface area contributed by atoms with Crippen LogP contribution in [-0.4, -0.2) is 35.6 Å². The lowest BCUT2D eigenvalue weighted by Gasteiger charge is -2.28. The third-order valence-corrected chi connectivity index (χ3v) is 5.62. The molecule has 0 aliphatic carbocycles. The molecule has 144 valence electrons. The minimum absolute atomic E-state index is 0.0651. The van der Waals surface area contributed by atoms with Crippen molar-refractivity contribution in [3.8, 4) is 0 Å². The van der Waals surface area contributed by atoms with E-state index in [1.54, 1.807) is 18.9 Å². The summed E-state index contributed by atoms with van der Waals surface area (Å²) in [4.78, 5) is 26.6. The van der Waals surface area contributed by atoms with Crippen molar-refractivity contribution in [3.05, 3.63) is 70.2 Å². The average molecular weight is 405 g/mol. The van der Waals surface area contributed by atoms with E-state index < -0.39 is 6.04 Å². The smallest absolute Gasteiger partial charge is 0.242 e. The molecule has 0 bridgehead atoms. The van der Waals surface area contributed by atoms with Gasteiger partial charge in [-0.15, -0.1) is 11.8 Å². The second-order valence-corrected chi connectivity index (χ2v) is 7.78. The molecule has 0 spiro atoms. The maximum atomic E-state index is 12.9. The van der Waals surface area contributed by atoms with Gasteiger partial charge in [0.05, 0.1) is 5.75 Å². The van der Waals surface area contributed by atoms with Gasteiger partial charge < -0.3 is 10.2 Å². The van der Waals surface area contributed by atoms with Gasteiger partial charge in [-0.25, -0.2) is 0 Å². The number of nitrogens with one attached hydrogen (secondary N) is 1. The van der Waals surface area contributed by atoms with Crippen molar-refractivity contribution in [1.29, 1.82) is 0 Å². The summed E-state index contributed by atoms with van der Waals surface area (Å²) < 4.78 is 0. The molecule has 6 heteroatoms. The molecule has 2 rings (SSSR count). The molecule has 2 aromatic rings. The Balaban J connectivity index is 2.06. The van der Waals surface area contributed by atoms with Crippen molar-refractivity contribution in [2.75, 3.05) is 12.8 Å². The molecule has 0 saturated carbocycles. The highest BCUT2D eigenvalue weighted by Crippen LogP contribution is 2.21. The standard InChI is InChI=1S/C21H25ClN2O2S/c1-15-7-6-8-17(11-15)12-24(16(2)21(26)23-3)20(25)14-27-13-18-9-4-5-10-19(18)22/h4-11,16H,12-14H2,1-3H3,(H,23,26). The number of hydrogen-bond acceptors (Lipinski definition) is 3. The van der Waals surface area contributed by atoms with Gasteiger partial charge in [-0.2, -0.15) is 0 Å². The number of likely N-dealkylation sites (N-methyl/N-ethyl adjacent to an activating group) is 1. The number of aryl methyl sites for hydroxylation is 1. The number of nitrogens with zero attached hydrogens (tertiary/aromatic N) is 1. The van der Waals surface area contributed by atoms with E-state index in [1.165, 1.54) is 11.8 Å². The zero-order valence-corrected chi connectivity index (χ0v) is 17.4. The molecule has 0 aliphatic rings. The van der Waals surface area contributed by atoms with E-state index in [1.807, 2.05) is 55.5 Å². The van der Waals surface area contributed by atoms with Crippen LogP contribution < -0.4 is 5.32 Å². The summed E-state index contributed by atoms with van der Waals surface area (Å²) in [5.41, 5.74) is 3.14. The lowest BCUT2D eigenvalue weighted by Crippen LogP contribution is -2.47. The first-order valence-corrected chi connectivity index (χ1v) is 10.3. The van der Waals surface area contributed by atoms with Crippen LogP contribution in [0.15, 0.2) is 48.5 Å². The summed E-state index contributed by atoms with van der Waals surface area (Å²) in [7, 11) is 1.58. The van der Waals surface area contributed by atoms with Gasteiger partial charge in [-0.1, -0.05) is 59.6 Å². The summed E-state index contributed by atoms with van der Waals surface area (Å²) in [5, 5.41) is 3.33. The molecule has 1 N–H and O–H groups in total. The average Bonchev–Trinajstić information content (AvgIpc) is 2.66. The van der Waals surface area contributed by atoms with Gasteiger partial charge in [0, 0.05) is 24.4 Å². The highest BCUT2D eigenvalue weighted by atomic mass is 35.5.